The van der Waals surface area contributed by atoms with Crippen LogP contribution in [0.5, 0.6) is 0 Å². The summed E-state index contributed by atoms with van der Waals surface area (Å²) in [6.45, 7) is 1.53. The molecule has 0 bridgehead atoms. The van der Waals surface area contributed by atoms with Crippen molar-refractivity contribution in [2.45, 2.75) is 26.2 Å². The zero-order valence-corrected chi connectivity index (χ0v) is 15.0. The maximum Gasteiger partial charge on any atom is 0.244 e. The van der Waals surface area contributed by atoms with E-state index in [9.17, 15) is 14.0 Å². The van der Waals surface area contributed by atoms with Crippen LogP contribution in [-0.2, 0) is 9.59 Å². The van der Waals surface area contributed by atoms with Crippen molar-refractivity contribution in [3.8, 4) is 0 Å². The molecule has 1 fully saturated rings. The van der Waals surface area contributed by atoms with Crippen molar-refractivity contribution in [3.05, 3.63) is 53.8 Å². The van der Waals surface area contributed by atoms with Gasteiger partial charge in [0.05, 0.1) is 17.3 Å². The number of halogens is 1. The Morgan fingerprint density at radius 3 is 2.93 bits per heavy atom. The summed E-state index contributed by atoms with van der Waals surface area (Å²) in [4.78, 5) is 31.8. The summed E-state index contributed by atoms with van der Waals surface area (Å²) in [5.74, 6) is -1.11. The molecule has 0 saturated heterocycles. The van der Waals surface area contributed by atoms with Crippen molar-refractivity contribution in [2.24, 2.45) is 10.9 Å². The lowest BCUT2D eigenvalue weighted by Crippen LogP contribution is -2.41. The minimum atomic E-state index is -0.381. The third-order valence-electron chi connectivity index (χ3n) is 5.09. The molecule has 1 heterocycles. The molecular formula is C21H20FN3O2. The van der Waals surface area contributed by atoms with Gasteiger partial charge in [0.2, 0.25) is 11.8 Å². The second-order valence-electron chi connectivity index (χ2n) is 6.97. The van der Waals surface area contributed by atoms with Crippen LogP contribution in [0.2, 0.25) is 0 Å². The Morgan fingerprint density at radius 1 is 1.30 bits per heavy atom. The number of hydrogen-bond acceptors (Lipinski definition) is 3. The van der Waals surface area contributed by atoms with Crippen LogP contribution in [0.3, 0.4) is 0 Å². The minimum Gasteiger partial charge on any atom is -0.324 e. The molecule has 0 radical (unpaired) electrons. The Hall–Kier alpha value is -3.02. The zero-order valence-electron chi connectivity index (χ0n) is 15.0. The zero-order chi connectivity index (χ0) is 19.0. The van der Waals surface area contributed by atoms with E-state index in [4.69, 9.17) is 0 Å². The van der Waals surface area contributed by atoms with E-state index in [0.29, 0.717) is 22.6 Å². The molecule has 6 heteroatoms. The van der Waals surface area contributed by atoms with E-state index < -0.39 is 0 Å². The standard InChI is InChI=1S/C21H20FN3O2/c1-13-9-10-14(11-16(13)22)23-20(26)12-25-19-8-3-2-6-18(19)24-17-7-4-5-15(17)21(25)27/h2-3,6,8-11,15H,4-5,7,12H2,1H3,(H,23,26)/t15-/m1/s1. The summed E-state index contributed by atoms with van der Waals surface area (Å²) in [5, 5.41) is 2.68. The van der Waals surface area contributed by atoms with Crippen molar-refractivity contribution in [2.75, 3.05) is 16.8 Å². The van der Waals surface area contributed by atoms with E-state index in [1.165, 1.54) is 11.0 Å². The largest absolute Gasteiger partial charge is 0.324 e. The molecule has 1 aliphatic heterocycles. The number of aliphatic imine (C=N–C) groups is 1. The molecule has 2 aliphatic rings. The first-order valence-electron chi connectivity index (χ1n) is 9.07. The second kappa shape index (κ2) is 6.95. The van der Waals surface area contributed by atoms with Gasteiger partial charge in [0.25, 0.3) is 0 Å². The summed E-state index contributed by atoms with van der Waals surface area (Å²) >= 11 is 0. The van der Waals surface area contributed by atoms with Gasteiger partial charge in [0.15, 0.2) is 0 Å². The lowest BCUT2D eigenvalue weighted by atomic mass is 10.1. The molecule has 1 aliphatic carbocycles. The molecule has 0 spiro atoms. The van der Waals surface area contributed by atoms with Crippen LogP contribution in [0.25, 0.3) is 0 Å². The Labute approximate surface area is 156 Å². The van der Waals surface area contributed by atoms with Crippen LogP contribution < -0.4 is 10.2 Å². The molecule has 5 nitrogen and oxygen atoms in total. The van der Waals surface area contributed by atoms with Crippen molar-refractivity contribution in [1.82, 2.24) is 0 Å². The maximum absolute atomic E-state index is 13.7. The van der Waals surface area contributed by atoms with Crippen molar-refractivity contribution < 1.29 is 14.0 Å². The Balaban J connectivity index is 1.59. The number of fused-ring (bicyclic) bond motifs is 2. The monoisotopic (exact) mass is 365 g/mol. The van der Waals surface area contributed by atoms with E-state index >= 15 is 0 Å². The van der Waals surface area contributed by atoms with Crippen molar-refractivity contribution in [3.63, 3.8) is 0 Å². The molecule has 0 aromatic heterocycles. The normalized spacial score (nSPS) is 18.4. The van der Waals surface area contributed by atoms with Gasteiger partial charge in [-0.25, -0.2) is 4.39 Å². The predicted molar refractivity (Wildman–Crippen MR) is 103 cm³/mol. The van der Waals surface area contributed by atoms with Gasteiger partial charge in [-0.05, 0) is 56.0 Å². The molecule has 1 atom stereocenters. The topological polar surface area (TPSA) is 61.8 Å². The third kappa shape index (κ3) is 3.35. The molecule has 2 aromatic carbocycles. The van der Waals surface area contributed by atoms with Crippen LogP contribution in [-0.4, -0.2) is 24.1 Å². The van der Waals surface area contributed by atoms with Gasteiger partial charge < -0.3 is 10.2 Å². The molecule has 1 saturated carbocycles. The van der Waals surface area contributed by atoms with Crippen LogP contribution in [0.15, 0.2) is 47.5 Å². The van der Waals surface area contributed by atoms with E-state index in [-0.39, 0.29) is 30.1 Å². The maximum atomic E-state index is 13.7. The number of benzene rings is 2. The van der Waals surface area contributed by atoms with Gasteiger partial charge in [0, 0.05) is 11.4 Å². The second-order valence-corrected chi connectivity index (χ2v) is 6.97. The van der Waals surface area contributed by atoms with E-state index in [1.807, 2.05) is 18.2 Å². The smallest absolute Gasteiger partial charge is 0.244 e. The summed E-state index contributed by atoms with van der Waals surface area (Å²) < 4.78 is 13.7. The molecule has 138 valence electrons. The highest BCUT2D eigenvalue weighted by Gasteiger charge is 2.37. The van der Waals surface area contributed by atoms with Gasteiger partial charge >= 0.3 is 0 Å². The molecule has 1 N–H and O–H groups in total. The summed E-state index contributed by atoms with van der Waals surface area (Å²) in [7, 11) is 0. The van der Waals surface area contributed by atoms with Crippen LogP contribution in [0.1, 0.15) is 24.8 Å². The number of nitrogens with zero attached hydrogens (tertiary/aromatic N) is 2. The number of aryl methyl sites for hydroxylation is 1. The molecule has 2 aromatic rings. The SMILES string of the molecule is Cc1ccc(NC(=O)CN2C(=O)[C@@H]3CCCC3=Nc3ccccc32)cc1F. The van der Waals surface area contributed by atoms with Crippen molar-refractivity contribution in [1.29, 1.82) is 0 Å². The highest BCUT2D eigenvalue weighted by molar-refractivity contribution is 6.16. The van der Waals surface area contributed by atoms with Crippen LogP contribution >= 0.6 is 0 Å². The molecule has 4 rings (SSSR count). The Kier molecular flexibility index (Phi) is 4.48. The minimum absolute atomic E-state index is 0.0959. The number of nitrogens with one attached hydrogen (secondary N) is 1. The highest BCUT2D eigenvalue weighted by Crippen LogP contribution is 2.37. The van der Waals surface area contributed by atoms with Gasteiger partial charge in [-0.15, -0.1) is 0 Å². The number of anilines is 2. The molecular weight excluding hydrogens is 345 g/mol. The van der Waals surface area contributed by atoms with Gasteiger partial charge in [-0.3, -0.25) is 14.6 Å². The number of carbonyl (C=O) groups is 2. The Bertz CT molecular complexity index is 954. The van der Waals surface area contributed by atoms with Gasteiger partial charge in [0.1, 0.15) is 12.4 Å². The van der Waals surface area contributed by atoms with Gasteiger partial charge in [-0.2, -0.15) is 0 Å². The first-order valence-corrected chi connectivity index (χ1v) is 9.07. The number of amides is 2. The number of rotatable bonds is 3. The first kappa shape index (κ1) is 17.4. The lowest BCUT2D eigenvalue weighted by molar-refractivity contribution is -0.122. The fourth-order valence-electron chi connectivity index (χ4n) is 3.65. The highest BCUT2D eigenvalue weighted by atomic mass is 19.1. The molecule has 27 heavy (non-hydrogen) atoms. The molecule has 2 amide bonds. The van der Waals surface area contributed by atoms with Gasteiger partial charge in [-0.1, -0.05) is 18.2 Å². The third-order valence-corrected chi connectivity index (χ3v) is 5.09. The summed E-state index contributed by atoms with van der Waals surface area (Å²) in [6.07, 6.45) is 2.50. The summed E-state index contributed by atoms with van der Waals surface area (Å²) in [6, 6.07) is 11.9. The average Bonchev–Trinajstić information content (AvgIpc) is 3.07. The predicted octanol–water partition coefficient (Wildman–Crippen LogP) is 3.99. The number of hydrogen-bond donors (Lipinski definition) is 1. The number of para-hydroxylation sites is 2. The fraction of sp³-hybridized carbons (Fsp3) is 0.286. The van der Waals surface area contributed by atoms with Crippen molar-refractivity contribution >= 4 is 34.6 Å². The Morgan fingerprint density at radius 2 is 2.11 bits per heavy atom. The summed E-state index contributed by atoms with van der Waals surface area (Å²) in [5.41, 5.74) is 3.12. The lowest BCUT2D eigenvalue weighted by Gasteiger charge is -2.24. The first-order chi connectivity index (χ1) is 13.0. The van der Waals surface area contributed by atoms with E-state index in [2.05, 4.69) is 10.3 Å². The quantitative estimate of drug-likeness (QED) is 0.894. The fourth-order valence-corrected chi connectivity index (χ4v) is 3.65. The van der Waals surface area contributed by atoms with Crippen LogP contribution in [0.4, 0.5) is 21.5 Å². The van der Waals surface area contributed by atoms with E-state index in [1.54, 1.807) is 25.1 Å². The van der Waals surface area contributed by atoms with Crippen LogP contribution in [0, 0.1) is 18.7 Å². The number of carbonyl (C=O) groups excluding carboxylic acids is 2. The van der Waals surface area contributed by atoms with E-state index in [0.717, 1.165) is 25.0 Å². The average molecular weight is 365 g/mol. The molecule has 0 unspecified atom stereocenters.